The molecule has 0 spiro atoms. The third-order valence-corrected chi connectivity index (χ3v) is 8.38. The van der Waals surface area contributed by atoms with Gasteiger partial charge in [0.05, 0.1) is 29.6 Å². The SMILES string of the molecule is CCOc1ccc(-n2c(SCC(=O)NN=Cc3ccc(N(C)C)cc3)nc3sc4c(c3c2=O)CCC4)cc1. The van der Waals surface area contributed by atoms with E-state index in [-0.39, 0.29) is 17.2 Å². The molecule has 0 aliphatic heterocycles. The van der Waals surface area contributed by atoms with Crippen molar-refractivity contribution in [2.24, 2.45) is 5.10 Å². The molecule has 1 N–H and O–H groups in total. The molecule has 2 aromatic heterocycles. The Morgan fingerprint density at radius 1 is 1.18 bits per heavy atom. The van der Waals surface area contributed by atoms with Crippen LogP contribution >= 0.6 is 23.1 Å². The van der Waals surface area contributed by atoms with Crippen molar-refractivity contribution < 1.29 is 9.53 Å². The zero-order chi connectivity index (χ0) is 26.6. The van der Waals surface area contributed by atoms with Gasteiger partial charge in [0.1, 0.15) is 10.6 Å². The molecular weight excluding hydrogens is 518 g/mol. The first-order valence-electron chi connectivity index (χ1n) is 12.5. The van der Waals surface area contributed by atoms with Crippen LogP contribution in [0.3, 0.4) is 0 Å². The predicted octanol–water partition coefficient (Wildman–Crippen LogP) is 4.64. The second kappa shape index (κ2) is 11.4. The molecular formula is C28H29N5O3S2. The van der Waals surface area contributed by atoms with Crippen molar-refractivity contribution in [2.45, 2.75) is 31.3 Å². The van der Waals surface area contributed by atoms with Crippen LogP contribution in [0.25, 0.3) is 15.9 Å². The molecule has 2 aromatic carbocycles. The fourth-order valence-corrected chi connectivity index (χ4v) is 6.51. The molecule has 1 amide bonds. The number of hydrogen-bond acceptors (Lipinski definition) is 8. The molecule has 8 nitrogen and oxygen atoms in total. The van der Waals surface area contributed by atoms with Crippen LogP contribution in [0.1, 0.15) is 29.3 Å². The number of thioether (sulfide) groups is 1. The number of nitrogens with one attached hydrogen (secondary N) is 1. The first-order chi connectivity index (χ1) is 18.4. The summed E-state index contributed by atoms with van der Waals surface area (Å²) in [5.74, 6) is 0.520. The van der Waals surface area contributed by atoms with E-state index in [1.165, 1.54) is 16.6 Å². The van der Waals surface area contributed by atoms with Gasteiger partial charge in [0.25, 0.3) is 11.5 Å². The average molecular weight is 548 g/mol. The van der Waals surface area contributed by atoms with Crippen molar-refractivity contribution in [1.82, 2.24) is 15.0 Å². The van der Waals surface area contributed by atoms with Crippen LogP contribution in [0.2, 0.25) is 0 Å². The van der Waals surface area contributed by atoms with Crippen LogP contribution < -0.4 is 20.6 Å². The van der Waals surface area contributed by atoms with E-state index in [2.05, 4.69) is 10.5 Å². The first-order valence-corrected chi connectivity index (χ1v) is 14.3. The van der Waals surface area contributed by atoms with Crippen LogP contribution in [0.15, 0.2) is 63.6 Å². The summed E-state index contributed by atoms with van der Waals surface area (Å²) in [7, 11) is 3.96. The highest BCUT2D eigenvalue weighted by molar-refractivity contribution is 7.99. The van der Waals surface area contributed by atoms with Gasteiger partial charge in [-0.3, -0.25) is 14.2 Å². The lowest BCUT2D eigenvalue weighted by atomic mass is 10.2. The number of carbonyl (C=O) groups excluding carboxylic acids is 1. The van der Waals surface area contributed by atoms with Crippen LogP contribution in [-0.4, -0.2) is 48.1 Å². The summed E-state index contributed by atoms with van der Waals surface area (Å²) in [6.45, 7) is 2.49. The monoisotopic (exact) mass is 547 g/mol. The fourth-order valence-electron chi connectivity index (χ4n) is 4.41. The quantitative estimate of drug-likeness (QED) is 0.142. The Morgan fingerprint density at radius 2 is 1.95 bits per heavy atom. The molecule has 0 atom stereocenters. The third-order valence-electron chi connectivity index (χ3n) is 6.26. The maximum Gasteiger partial charge on any atom is 0.267 e. The van der Waals surface area contributed by atoms with Gasteiger partial charge in [-0.05, 0) is 73.7 Å². The lowest BCUT2D eigenvalue weighted by molar-refractivity contribution is -0.118. The third kappa shape index (κ3) is 5.46. The van der Waals surface area contributed by atoms with Gasteiger partial charge in [-0.1, -0.05) is 23.9 Å². The number of benzene rings is 2. The normalized spacial score (nSPS) is 12.7. The summed E-state index contributed by atoms with van der Waals surface area (Å²) in [4.78, 5) is 35.2. The van der Waals surface area contributed by atoms with Crippen LogP contribution in [0, 0.1) is 0 Å². The summed E-state index contributed by atoms with van der Waals surface area (Å²) in [6, 6.07) is 15.2. The summed E-state index contributed by atoms with van der Waals surface area (Å²) >= 11 is 2.81. The van der Waals surface area contributed by atoms with Gasteiger partial charge in [0.15, 0.2) is 5.16 Å². The number of nitrogens with zero attached hydrogens (tertiary/aromatic N) is 4. The molecule has 2 heterocycles. The van der Waals surface area contributed by atoms with Gasteiger partial charge in [-0.25, -0.2) is 10.4 Å². The fraction of sp³-hybridized carbons (Fsp3) is 0.286. The molecule has 4 aromatic rings. The Morgan fingerprint density at radius 3 is 2.66 bits per heavy atom. The number of aromatic nitrogens is 2. The van der Waals surface area contributed by atoms with Crippen molar-refractivity contribution in [3.63, 3.8) is 0 Å². The van der Waals surface area contributed by atoms with Crippen molar-refractivity contribution >= 4 is 51.1 Å². The molecule has 38 heavy (non-hydrogen) atoms. The number of thiophene rings is 1. The Kier molecular flexibility index (Phi) is 7.80. The lowest BCUT2D eigenvalue weighted by Crippen LogP contribution is -2.24. The highest BCUT2D eigenvalue weighted by Crippen LogP contribution is 2.36. The van der Waals surface area contributed by atoms with Gasteiger partial charge >= 0.3 is 0 Å². The van der Waals surface area contributed by atoms with Crippen molar-refractivity contribution in [2.75, 3.05) is 31.4 Å². The molecule has 5 rings (SSSR count). The Hall–Kier alpha value is -3.63. The van der Waals surface area contributed by atoms with Crippen LogP contribution in [0.4, 0.5) is 5.69 Å². The minimum Gasteiger partial charge on any atom is -0.494 e. The lowest BCUT2D eigenvalue weighted by Gasteiger charge is -2.13. The second-order valence-electron chi connectivity index (χ2n) is 9.07. The zero-order valence-electron chi connectivity index (χ0n) is 21.6. The van der Waals surface area contributed by atoms with Gasteiger partial charge in [-0.15, -0.1) is 11.3 Å². The molecule has 0 unspecified atom stereocenters. The molecule has 1 aliphatic rings. The van der Waals surface area contributed by atoms with E-state index < -0.39 is 0 Å². The molecule has 10 heteroatoms. The van der Waals surface area contributed by atoms with Crippen LogP contribution in [0.5, 0.6) is 5.75 Å². The maximum absolute atomic E-state index is 13.8. The minimum absolute atomic E-state index is 0.0664. The number of aryl methyl sites for hydroxylation is 2. The Bertz CT molecular complexity index is 1540. The topological polar surface area (TPSA) is 88.8 Å². The van der Waals surface area contributed by atoms with Crippen molar-refractivity contribution in [3.05, 3.63) is 74.9 Å². The highest BCUT2D eigenvalue weighted by atomic mass is 32.2. The predicted molar refractivity (Wildman–Crippen MR) is 156 cm³/mol. The molecule has 1 aliphatic carbocycles. The van der Waals surface area contributed by atoms with E-state index in [9.17, 15) is 9.59 Å². The maximum atomic E-state index is 13.8. The number of rotatable bonds is 9. The standard InChI is InChI=1S/C28H29N5O3S2/c1-4-36-21-14-12-20(13-15-21)33-27(35)25-22-6-5-7-23(22)38-26(25)30-28(33)37-17-24(34)31-29-16-18-8-10-19(11-9-18)32(2)3/h8-16H,4-7,17H2,1-3H3,(H,31,34). The van der Waals surface area contributed by atoms with E-state index in [1.807, 2.05) is 74.4 Å². The Labute approximate surface area is 229 Å². The van der Waals surface area contributed by atoms with Gasteiger partial charge in [0, 0.05) is 24.7 Å². The number of hydrogen-bond donors (Lipinski definition) is 1. The molecule has 0 fully saturated rings. The summed E-state index contributed by atoms with van der Waals surface area (Å²) in [6.07, 6.45) is 4.56. The van der Waals surface area contributed by atoms with Crippen molar-refractivity contribution in [1.29, 1.82) is 0 Å². The first kappa shape index (κ1) is 26.0. The number of hydrazone groups is 1. The number of amides is 1. The molecule has 0 bridgehead atoms. The van der Waals surface area contributed by atoms with E-state index in [0.29, 0.717) is 22.8 Å². The van der Waals surface area contributed by atoms with Crippen LogP contribution in [-0.2, 0) is 17.6 Å². The summed E-state index contributed by atoms with van der Waals surface area (Å²) in [5, 5.41) is 5.27. The minimum atomic E-state index is -0.280. The van der Waals surface area contributed by atoms with Crippen molar-refractivity contribution in [3.8, 4) is 11.4 Å². The highest BCUT2D eigenvalue weighted by Gasteiger charge is 2.24. The zero-order valence-corrected chi connectivity index (χ0v) is 23.2. The molecule has 0 saturated carbocycles. The van der Waals surface area contributed by atoms with Gasteiger partial charge in [-0.2, -0.15) is 5.10 Å². The average Bonchev–Trinajstić information content (AvgIpc) is 3.50. The van der Waals surface area contributed by atoms with E-state index in [4.69, 9.17) is 9.72 Å². The number of ether oxygens (including phenoxy) is 1. The molecule has 0 saturated heterocycles. The molecule has 196 valence electrons. The Balaban J connectivity index is 1.37. The second-order valence-corrected chi connectivity index (χ2v) is 11.1. The van der Waals surface area contributed by atoms with Gasteiger partial charge in [0.2, 0.25) is 0 Å². The number of anilines is 1. The van der Waals surface area contributed by atoms with Gasteiger partial charge < -0.3 is 9.64 Å². The summed E-state index contributed by atoms with van der Waals surface area (Å²) in [5.41, 5.74) is 6.26. The van der Waals surface area contributed by atoms with E-state index in [1.54, 1.807) is 22.1 Å². The largest absolute Gasteiger partial charge is 0.494 e. The molecule has 0 radical (unpaired) electrons. The smallest absolute Gasteiger partial charge is 0.267 e. The number of carbonyl (C=O) groups is 1. The number of fused-ring (bicyclic) bond motifs is 3. The summed E-state index contributed by atoms with van der Waals surface area (Å²) < 4.78 is 7.17. The van der Waals surface area contributed by atoms with E-state index in [0.717, 1.165) is 46.7 Å². The van der Waals surface area contributed by atoms with E-state index >= 15 is 0 Å².